The lowest BCUT2D eigenvalue weighted by atomic mass is 10.2. The number of benzene rings is 2. The molecule has 3 rings (SSSR count). The first kappa shape index (κ1) is 8.36. The third-order valence-electron chi connectivity index (χ3n) is 2.30. The molecule has 15 heavy (non-hydrogen) atoms. The van der Waals surface area contributed by atoms with Crippen LogP contribution in [0.15, 0.2) is 42.5 Å². The highest BCUT2D eigenvalue weighted by Crippen LogP contribution is 2.44. The van der Waals surface area contributed by atoms with Gasteiger partial charge in [0.2, 0.25) is 0 Å². The minimum Gasteiger partial charge on any atom is -0.450 e. The first-order chi connectivity index (χ1) is 7.33. The lowest BCUT2D eigenvalue weighted by molar-refractivity contribution is 0.359. The monoisotopic (exact) mass is 197 g/mol. The van der Waals surface area contributed by atoms with Crippen molar-refractivity contribution in [2.45, 2.75) is 0 Å². The van der Waals surface area contributed by atoms with Crippen molar-refractivity contribution in [1.29, 1.82) is 0 Å². The van der Waals surface area contributed by atoms with Crippen molar-refractivity contribution in [3.8, 4) is 23.0 Å². The van der Waals surface area contributed by atoms with Crippen LogP contribution in [-0.2, 0) is 0 Å². The Balaban J connectivity index is 2.11. The smallest absolute Gasteiger partial charge is 0.170 e. The van der Waals surface area contributed by atoms with Gasteiger partial charge < -0.3 is 9.47 Å². The second-order valence-corrected chi connectivity index (χ2v) is 3.43. The summed E-state index contributed by atoms with van der Waals surface area (Å²) in [6, 6.07) is 13.2. The number of para-hydroxylation sites is 2. The maximum absolute atomic E-state index is 5.69. The minimum atomic E-state index is 0.723. The molecule has 0 atom stereocenters. The Labute approximate surface area is 88.1 Å². The van der Waals surface area contributed by atoms with Crippen LogP contribution in [0, 0.1) is 6.92 Å². The Hall–Kier alpha value is -1.96. The molecular weight excluding hydrogens is 188 g/mol. The van der Waals surface area contributed by atoms with Crippen molar-refractivity contribution in [2.75, 3.05) is 0 Å². The predicted molar refractivity (Wildman–Crippen MR) is 57.5 cm³/mol. The van der Waals surface area contributed by atoms with Gasteiger partial charge in [0.25, 0.3) is 0 Å². The molecule has 2 aromatic rings. The minimum absolute atomic E-state index is 0.723. The van der Waals surface area contributed by atoms with Crippen LogP contribution in [0.25, 0.3) is 0 Å². The molecule has 1 aliphatic heterocycles. The van der Waals surface area contributed by atoms with Crippen LogP contribution in [0.5, 0.6) is 23.0 Å². The third kappa shape index (κ3) is 1.34. The molecule has 0 spiro atoms. The van der Waals surface area contributed by atoms with Gasteiger partial charge in [-0.05, 0) is 36.8 Å². The number of ether oxygens (including phenoxy) is 2. The van der Waals surface area contributed by atoms with E-state index in [1.165, 1.54) is 0 Å². The molecule has 1 aliphatic rings. The number of hydrogen-bond donors (Lipinski definition) is 0. The Bertz CT molecular complexity index is 518. The highest BCUT2D eigenvalue weighted by molar-refractivity contribution is 5.55. The lowest BCUT2D eigenvalue weighted by Crippen LogP contribution is -1.98. The van der Waals surface area contributed by atoms with Crippen LogP contribution in [0.2, 0.25) is 0 Å². The van der Waals surface area contributed by atoms with Gasteiger partial charge in [0, 0.05) is 0 Å². The molecule has 0 aliphatic carbocycles. The average Bonchev–Trinajstić information content (AvgIpc) is 2.26. The molecule has 0 bridgehead atoms. The van der Waals surface area contributed by atoms with E-state index in [1.807, 2.05) is 42.5 Å². The zero-order chi connectivity index (χ0) is 10.3. The van der Waals surface area contributed by atoms with Gasteiger partial charge in [0.05, 0.1) is 0 Å². The standard InChI is InChI=1S/C13H9O2/c1-9-6-7-12-13(8-9)15-11-5-3-2-4-10(11)14-12/h2-8H,1H2. The summed E-state index contributed by atoms with van der Waals surface area (Å²) in [5, 5.41) is 0. The SMILES string of the molecule is [CH2]c1ccc2c(c1)Oc1ccccc1O2. The molecule has 2 nitrogen and oxygen atoms in total. The van der Waals surface area contributed by atoms with E-state index in [2.05, 4.69) is 6.92 Å². The Kier molecular flexibility index (Phi) is 1.68. The number of fused-ring (bicyclic) bond motifs is 2. The van der Waals surface area contributed by atoms with Crippen molar-refractivity contribution in [2.24, 2.45) is 0 Å². The highest BCUT2D eigenvalue weighted by atomic mass is 16.6. The zero-order valence-electron chi connectivity index (χ0n) is 8.07. The van der Waals surface area contributed by atoms with E-state index in [-0.39, 0.29) is 0 Å². The van der Waals surface area contributed by atoms with Crippen molar-refractivity contribution in [1.82, 2.24) is 0 Å². The maximum atomic E-state index is 5.69. The second kappa shape index (κ2) is 3.02. The van der Waals surface area contributed by atoms with Gasteiger partial charge in [-0.2, -0.15) is 0 Å². The van der Waals surface area contributed by atoms with Crippen LogP contribution < -0.4 is 9.47 Å². The fourth-order valence-electron chi connectivity index (χ4n) is 1.57. The summed E-state index contributed by atoms with van der Waals surface area (Å²) in [5.41, 5.74) is 0.914. The molecule has 2 heteroatoms. The Morgan fingerprint density at radius 3 is 2.07 bits per heavy atom. The van der Waals surface area contributed by atoms with E-state index in [1.54, 1.807) is 0 Å². The van der Waals surface area contributed by atoms with Gasteiger partial charge >= 0.3 is 0 Å². The van der Waals surface area contributed by atoms with E-state index in [4.69, 9.17) is 9.47 Å². The predicted octanol–water partition coefficient (Wildman–Crippen LogP) is 3.77. The summed E-state index contributed by atoms with van der Waals surface area (Å²) in [7, 11) is 0. The normalized spacial score (nSPS) is 12.1. The fourth-order valence-corrected chi connectivity index (χ4v) is 1.57. The van der Waals surface area contributed by atoms with E-state index in [0.717, 1.165) is 28.6 Å². The van der Waals surface area contributed by atoms with Crippen molar-refractivity contribution in [3.05, 3.63) is 55.0 Å². The van der Waals surface area contributed by atoms with E-state index >= 15 is 0 Å². The summed E-state index contributed by atoms with van der Waals surface area (Å²) in [4.78, 5) is 0. The molecule has 1 heterocycles. The average molecular weight is 197 g/mol. The molecule has 1 radical (unpaired) electrons. The first-order valence-electron chi connectivity index (χ1n) is 4.74. The molecule has 0 N–H and O–H groups in total. The van der Waals surface area contributed by atoms with Crippen LogP contribution in [-0.4, -0.2) is 0 Å². The van der Waals surface area contributed by atoms with Gasteiger partial charge in [0.15, 0.2) is 23.0 Å². The van der Waals surface area contributed by atoms with E-state index in [9.17, 15) is 0 Å². The molecular formula is C13H9O2. The molecule has 73 valence electrons. The van der Waals surface area contributed by atoms with E-state index in [0.29, 0.717) is 0 Å². The van der Waals surface area contributed by atoms with Gasteiger partial charge in [-0.25, -0.2) is 0 Å². The van der Waals surface area contributed by atoms with Crippen LogP contribution in [0.4, 0.5) is 0 Å². The van der Waals surface area contributed by atoms with Gasteiger partial charge in [-0.1, -0.05) is 18.2 Å². The quantitative estimate of drug-likeness (QED) is 0.546. The fraction of sp³-hybridized carbons (Fsp3) is 0. The van der Waals surface area contributed by atoms with Crippen LogP contribution >= 0.6 is 0 Å². The Morgan fingerprint density at radius 2 is 1.33 bits per heavy atom. The maximum Gasteiger partial charge on any atom is 0.170 e. The summed E-state index contributed by atoms with van der Waals surface area (Å²) < 4.78 is 11.4. The van der Waals surface area contributed by atoms with Crippen LogP contribution in [0.3, 0.4) is 0 Å². The van der Waals surface area contributed by atoms with Gasteiger partial charge in [-0.3, -0.25) is 0 Å². The van der Waals surface area contributed by atoms with E-state index < -0.39 is 0 Å². The van der Waals surface area contributed by atoms with Gasteiger partial charge in [-0.15, -0.1) is 0 Å². The molecule has 0 amide bonds. The number of hydrogen-bond acceptors (Lipinski definition) is 2. The van der Waals surface area contributed by atoms with Crippen molar-refractivity contribution in [3.63, 3.8) is 0 Å². The summed E-state index contributed by atoms with van der Waals surface area (Å²) in [6.45, 7) is 3.85. The summed E-state index contributed by atoms with van der Waals surface area (Å²) in [6.07, 6.45) is 0. The third-order valence-corrected chi connectivity index (χ3v) is 2.30. The largest absolute Gasteiger partial charge is 0.450 e. The second-order valence-electron chi connectivity index (χ2n) is 3.43. The summed E-state index contributed by atoms with van der Waals surface area (Å²) >= 11 is 0. The molecule has 0 unspecified atom stereocenters. The topological polar surface area (TPSA) is 18.5 Å². The highest BCUT2D eigenvalue weighted by Gasteiger charge is 2.17. The van der Waals surface area contributed by atoms with Crippen molar-refractivity contribution < 1.29 is 9.47 Å². The molecule has 0 aromatic heterocycles. The molecule has 0 fully saturated rings. The zero-order valence-corrected chi connectivity index (χ0v) is 8.07. The van der Waals surface area contributed by atoms with Crippen LogP contribution in [0.1, 0.15) is 5.56 Å². The summed E-state index contributed by atoms with van der Waals surface area (Å²) in [5.74, 6) is 2.96. The molecule has 0 saturated heterocycles. The number of rotatable bonds is 0. The molecule has 0 saturated carbocycles. The van der Waals surface area contributed by atoms with Gasteiger partial charge in [0.1, 0.15) is 0 Å². The Morgan fingerprint density at radius 1 is 0.733 bits per heavy atom. The lowest BCUT2D eigenvalue weighted by Gasteiger charge is -2.20. The van der Waals surface area contributed by atoms with Crippen molar-refractivity contribution >= 4 is 0 Å². The molecule has 2 aromatic carbocycles. The first-order valence-corrected chi connectivity index (χ1v) is 4.74.